The van der Waals surface area contributed by atoms with Crippen molar-refractivity contribution in [2.24, 2.45) is 11.8 Å². The van der Waals surface area contributed by atoms with E-state index in [0.29, 0.717) is 36.3 Å². The Hall–Kier alpha value is -4.19. The lowest BCUT2D eigenvalue weighted by Crippen LogP contribution is -2.79. The molecule has 6 aromatic rings. The number of epoxide rings is 2. The van der Waals surface area contributed by atoms with Crippen LogP contribution in [0.1, 0.15) is 51.4 Å². The maximum absolute atomic E-state index is 8.75. The van der Waals surface area contributed by atoms with Crippen LogP contribution in [-0.4, -0.2) is 49.6 Å². The molecule has 2 saturated heterocycles. The molecule has 2 heterocycles. The van der Waals surface area contributed by atoms with Crippen LogP contribution in [0.2, 0.25) is 12.1 Å². The summed E-state index contributed by atoms with van der Waals surface area (Å²) < 4.78 is 29.7. The number of hydrogen-bond acceptors (Lipinski definition) is 4. The Labute approximate surface area is 354 Å². The zero-order valence-corrected chi connectivity index (χ0v) is 37.0. The normalized spacial score (nSPS) is 23.8. The molecule has 0 radical (unpaired) electrons. The summed E-state index contributed by atoms with van der Waals surface area (Å²) in [6.45, 7) is 0. The topological polar surface area (TPSA) is 43.5 Å². The molecule has 300 valence electrons. The van der Waals surface area contributed by atoms with Crippen molar-refractivity contribution in [2.45, 2.75) is 87.9 Å². The molecular formula is C52H56O4Si3. The third kappa shape index (κ3) is 8.07. The smallest absolute Gasteiger partial charge is 0.387 e. The lowest BCUT2D eigenvalue weighted by Gasteiger charge is -2.48. The van der Waals surface area contributed by atoms with Crippen LogP contribution in [-0.2, 0) is 17.7 Å². The number of fused-ring (bicyclic) bond motifs is 2. The highest BCUT2D eigenvalue weighted by atomic mass is 28.5. The Morgan fingerprint density at radius 1 is 0.356 bits per heavy atom. The van der Waals surface area contributed by atoms with E-state index in [1.54, 1.807) is 0 Å². The van der Waals surface area contributed by atoms with Crippen LogP contribution in [0, 0.1) is 11.8 Å². The Kier molecular flexibility index (Phi) is 11.3. The first-order valence-electron chi connectivity index (χ1n) is 22.2. The number of hydrogen-bond donors (Lipinski definition) is 0. The molecule has 7 heteroatoms. The maximum Gasteiger partial charge on any atom is 0.387 e. The van der Waals surface area contributed by atoms with Crippen LogP contribution in [0.4, 0.5) is 0 Å². The highest BCUT2D eigenvalue weighted by Gasteiger charge is 2.58. The third-order valence-electron chi connectivity index (χ3n) is 13.9. The molecule has 10 rings (SSSR count). The molecule has 0 amide bonds. The van der Waals surface area contributed by atoms with E-state index in [1.807, 2.05) is 0 Å². The van der Waals surface area contributed by atoms with Crippen molar-refractivity contribution in [3.63, 3.8) is 0 Å². The summed E-state index contributed by atoms with van der Waals surface area (Å²) in [5.74, 6) is 1.22. The molecule has 6 atom stereocenters. The zero-order chi connectivity index (χ0) is 39.5. The predicted octanol–water partition coefficient (Wildman–Crippen LogP) is 7.71. The van der Waals surface area contributed by atoms with Gasteiger partial charge in [0.15, 0.2) is 0 Å². The Balaban J connectivity index is 1.19. The van der Waals surface area contributed by atoms with Gasteiger partial charge in [0, 0.05) is 0 Å². The molecule has 4 fully saturated rings. The second kappa shape index (κ2) is 17.1. The van der Waals surface area contributed by atoms with Gasteiger partial charge in [0.25, 0.3) is 0 Å². The maximum atomic E-state index is 8.75. The molecule has 6 unspecified atom stereocenters. The summed E-state index contributed by atoms with van der Waals surface area (Å²) in [6, 6.07) is 69.3. The molecule has 0 bridgehead atoms. The molecule has 2 saturated carbocycles. The molecule has 59 heavy (non-hydrogen) atoms. The van der Waals surface area contributed by atoms with Crippen LogP contribution in [0.15, 0.2) is 182 Å². The lowest BCUT2D eigenvalue weighted by molar-refractivity contribution is 0.351. The van der Waals surface area contributed by atoms with Crippen LogP contribution in [0.3, 0.4) is 0 Å². The third-order valence-corrected chi connectivity index (χ3v) is 28.3. The van der Waals surface area contributed by atoms with Crippen molar-refractivity contribution in [3.8, 4) is 0 Å². The molecule has 0 N–H and O–H groups in total. The number of rotatable bonds is 16. The fourth-order valence-corrected chi connectivity index (χ4v) is 27.6. The van der Waals surface area contributed by atoms with E-state index in [1.165, 1.54) is 46.4 Å². The van der Waals surface area contributed by atoms with Crippen LogP contribution in [0.25, 0.3) is 0 Å². The van der Waals surface area contributed by atoms with E-state index in [-0.39, 0.29) is 0 Å². The van der Waals surface area contributed by atoms with Crippen molar-refractivity contribution >= 4 is 56.3 Å². The van der Waals surface area contributed by atoms with Crippen molar-refractivity contribution in [2.75, 3.05) is 0 Å². The van der Waals surface area contributed by atoms with Crippen molar-refractivity contribution in [1.29, 1.82) is 0 Å². The van der Waals surface area contributed by atoms with Gasteiger partial charge in [-0.15, -0.1) is 0 Å². The monoisotopic (exact) mass is 828 g/mol. The lowest BCUT2D eigenvalue weighted by atomic mass is 9.87. The molecule has 0 aromatic heterocycles. The first kappa shape index (κ1) is 39.0. The Morgan fingerprint density at radius 3 is 0.932 bits per heavy atom. The van der Waals surface area contributed by atoms with Crippen molar-refractivity contribution in [1.82, 2.24) is 0 Å². The fraction of sp³-hybridized carbons (Fsp3) is 0.308. The second-order valence-corrected chi connectivity index (χ2v) is 28.2. The second-order valence-electron chi connectivity index (χ2n) is 17.5. The molecule has 2 aliphatic heterocycles. The van der Waals surface area contributed by atoms with Gasteiger partial charge in [0.05, 0.1) is 24.4 Å². The standard InChI is InChI=1S/C52H56O4Si3/c1-7-19-43(20-8-1)57(44-21-9-2-10-22-44,37-35-41-31-33-49-51(39-41)53-49)55-59(47-27-15-5-16-28-47,48-29-17-6-18-30-48)56-58(45-23-11-3-12-24-45,46-25-13-4-14-26-46)38-36-42-32-34-50-52(40-42)54-50/h1-30,41-42,49-52H,31-40H2. The summed E-state index contributed by atoms with van der Waals surface area (Å²) in [5, 5.41) is 7.56. The molecule has 2 aliphatic carbocycles. The van der Waals surface area contributed by atoms with Crippen LogP contribution in [0.5, 0.6) is 0 Å². The van der Waals surface area contributed by atoms with E-state index < -0.39 is 25.2 Å². The van der Waals surface area contributed by atoms with Gasteiger partial charge in [-0.3, -0.25) is 0 Å². The minimum absolute atomic E-state index is 0.439. The zero-order valence-electron chi connectivity index (χ0n) is 34.0. The first-order chi connectivity index (χ1) is 29.1. The number of ether oxygens (including phenoxy) is 2. The minimum Gasteiger partial charge on any atom is -0.422 e. The predicted molar refractivity (Wildman–Crippen MR) is 247 cm³/mol. The fourth-order valence-electron chi connectivity index (χ4n) is 10.6. The molecular weight excluding hydrogens is 773 g/mol. The average Bonchev–Trinajstić information content (AvgIpc) is 4.26. The van der Waals surface area contributed by atoms with Gasteiger partial charge in [-0.1, -0.05) is 182 Å². The SMILES string of the molecule is c1ccc([Si](CCC2CCC3OC3C2)(O[Si](O[Si](CCC2CCC3OC3C2)(c2ccccc2)c2ccccc2)(c2ccccc2)c2ccccc2)c2ccccc2)cc1. The summed E-state index contributed by atoms with van der Waals surface area (Å²) in [7, 11) is -9.86. The van der Waals surface area contributed by atoms with Crippen LogP contribution < -0.4 is 31.1 Å². The van der Waals surface area contributed by atoms with Crippen LogP contribution >= 0.6 is 0 Å². The molecule has 6 aromatic carbocycles. The van der Waals surface area contributed by atoms with Crippen molar-refractivity contribution < 1.29 is 17.7 Å². The van der Waals surface area contributed by atoms with E-state index in [0.717, 1.165) is 48.1 Å². The Bertz CT molecular complexity index is 2010. The van der Waals surface area contributed by atoms with Gasteiger partial charge in [0.2, 0.25) is 16.6 Å². The van der Waals surface area contributed by atoms with Gasteiger partial charge in [-0.05, 0) is 106 Å². The van der Waals surface area contributed by atoms with E-state index in [2.05, 4.69) is 182 Å². The average molecular weight is 829 g/mol. The highest BCUT2D eigenvalue weighted by Crippen LogP contribution is 2.43. The van der Waals surface area contributed by atoms with E-state index in [9.17, 15) is 0 Å². The van der Waals surface area contributed by atoms with Gasteiger partial charge in [-0.25, -0.2) is 0 Å². The summed E-state index contributed by atoms with van der Waals surface area (Å²) in [5.41, 5.74) is 0. The number of benzene rings is 6. The Morgan fingerprint density at radius 2 is 0.644 bits per heavy atom. The van der Waals surface area contributed by atoms with Gasteiger partial charge in [-0.2, -0.15) is 0 Å². The quantitative estimate of drug-likeness (QED) is 0.0742. The van der Waals surface area contributed by atoms with E-state index >= 15 is 0 Å². The molecule has 4 nitrogen and oxygen atoms in total. The molecule has 4 aliphatic rings. The van der Waals surface area contributed by atoms with Gasteiger partial charge in [0.1, 0.15) is 0 Å². The van der Waals surface area contributed by atoms with Gasteiger partial charge >= 0.3 is 8.56 Å². The summed E-state index contributed by atoms with van der Waals surface area (Å²) in [4.78, 5) is 0. The molecule has 0 spiro atoms. The largest absolute Gasteiger partial charge is 0.422 e. The highest BCUT2D eigenvalue weighted by molar-refractivity contribution is 7.12. The first-order valence-corrected chi connectivity index (χ1v) is 28.2. The van der Waals surface area contributed by atoms with Gasteiger partial charge < -0.3 is 17.7 Å². The van der Waals surface area contributed by atoms with Crippen molar-refractivity contribution in [3.05, 3.63) is 182 Å². The summed E-state index contributed by atoms with van der Waals surface area (Å²) >= 11 is 0. The summed E-state index contributed by atoms with van der Waals surface area (Å²) in [6.07, 6.45) is 11.1. The van der Waals surface area contributed by atoms with E-state index in [4.69, 9.17) is 17.7 Å². The minimum atomic E-state index is -3.66.